The molecule has 182 valence electrons. The van der Waals surface area contributed by atoms with Crippen LogP contribution in [-0.2, 0) is 22.7 Å². The van der Waals surface area contributed by atoms with Crippen LogP contribution in [0.4, 0.5) is 4.39 Å². The number of ether oxygens (including phenoxy) is 1. The maximum atomic E-state index is 13.2. The minimum atomic E-state index is -0.285. The third-order valence-electron chi connectivity index (χ3n) is 6.99. The second kappa shape index (κ2) is 10.00. The summed E-state index contributed by atoms with van der Waals surface area (Å²) in [5, 5.41) is 3.10. The average Bonchev–Trinajstić information content (AvgIpc) is 3.32. The predicted molar refractivity (Wildman–Crippen MR) is 128 cm³/mol. The summed E-state index contributed by atoms with van der Waals surface area (Å²) in [6.07, 6.45) is 2.70. The first-order chi connectivity index (χ1) is 17.0. The molecular weight excluding hydrogens is 447 g/mol. The van der Waals surface area contributed by atoms with E-state index in [0.717, 1.165) is 16.8 Å². The monoisotopic (exact) mass is 476 g/mol. The van der Waals surface area contributed by atoms with Gasteiger partial charge < -0.3 is 19.5 Å². The highest BCUT2D eigenvalue weighted by atomic mass is 19.1. The topological polar surface area (TPSA) is 76.5 Å². The molecule has 35 heavy (non-hydrogen) atoms. The van der Waals surface area contributed by atoms with Gasteiger partial charge in [-0.1, -0.05) is 42.5 Å². The second-order valence-corrected chi connectivity index (χ2v) is 9.25. The van der Waals surface area contributed by atoms with E-state index in [4.69, 9.17) is 4.74 Å². The van der Waals surface area contributed by atoms with Crippen molar-refractivity contribution >= 4 is 11.8 Å². The Balaban J connectivity index is 1.17. The molecule has 3 heterocycles. The van der Waals surface area contributed by atoms with Crippen LogP contribution in [0.3, 0.4) is 0 Å². The number of likely N-dealkylation sites (tertiary alicyclic amines) is 1. The van der Waals surface area contributed by atoms with E-state index in [0.29, 0.717) is 38.2 Å². The van der Waals surface area contributed by atoms with Gasteiger partial charge in [-0.15, -0.1) is 0 Å². The molecule has 1 N–H and O–H groups in total. The molecule has 1 aromatic heterocycles. The number of halogens is 1. The summed E-state index contributed by atoms with van der Waals surface area (Å²) in [6, 6.07) is 16.1. The Bertz CT molecular complexity index is 1190. The first kappa shape index (κ1) is 23.2. The van der Waals surface area contributed by atoms with Gasteiger partial charge in [-0.25, -0.2) is 9.37 Å². The number of hydrogen-bond acceptors (Lipinski definition) is 4. The van der Waals surface area contributed by atoms with Crippen molar-refractivity contribution in [2.24, 2.45) is 5.92 Å². The van der Waals surface area contributed by atoms with Crippen molar-refractivity contribution in [2.45, 2.75) is 45.1 Å². The van der Waals surface area contributed by atoms with Gasteiger partial charge in [0.1, 0.15) is 11.9 Å². The summed E-state index contributed by atoms with van der Waals surface area (Å²) < 4.78 is 21.2. The minimum absolute atomic E-state index is 0.0352. The minimum Gasteiger partial charge on any atom is -0.365 e. The quantitative estimate of drug-likeness (QED) is 0.604. The van der Waals surface area contributed by atoms with Crippen LogP contribution in [0.1, 0.15) is 59.2 Å². The summed E-state index contributed by atoms with van der Waals surface area (Å²) >= 11 is 0. The lowest BCUT2D eigenvalue weighted by Gasteiger charge is -2.32. The lowest BCUT2D eigenvalue weighted by molar-refractivity contribution is -0.127. The molecule has 2 aliphatic heterocycles. The number of carbonyl (C=O) groups is 2. The van der Waals surface area contributed by atoms with Crippen molar-refractivity contribution < 1.29 is 18.7 Å². The van der Waals surface area contributed by atoms with Crippen molar-refractivity contribution in [3.05, 3.63) is 89.3 Å². The number of hydrogen-bond donors (Lipinski definition) is 1. The van der Waals surface area contributed by atoms with Crippen LogP contribution in [-0.4, -0.2) is 39.4 Å². The molecule has 1 fully saturated rings. The summed E-state index contributed by atoms with van der Waals surface area (Å²) in [6.45, 7) is 3.79. The van der Waals surface area contributed by atoms with E-state index in [1.54, 1.807) is 23.4 Å². The number of benzene rings is 2. The van der Waals surface area contributed by atoms with E-state index >= 15 is 0 Å². The SMILES string of the molecule is C[C@@H](NC(=O)C1CCN(C(=O)c2ncn3c2CO[C@H](c2ccc(F)cc2)C3)CC1)c1ccccc1. The normalized spacial score (nSPS) is 19.1. The van der Waals surface area contributed by atoms with E-state index in [-0.39, 0.29) is 42.3 Å². The molecule has 2 atom stereocenters. The highest BCUT2D eigenvalue weighted by Gasteiger charge is 2.32. The number of amides is 2. The van der Waals surface area contributed by atoms with E-state index in [1.807, 2.05) is 41.8 Å². The van der Waals surface area contributed by atoms with Gasteiger partial charge in [0.25, 0.3) is 5.91 Å². The predicted octanol–water partition coefficient (Wildman–Crippen LogP) is 4.02. The highest BCUT2D eigenvalue weighted by molar-refractivity contribution is 5.93. The van der Waals surface area contributed by atoms with Gasteiger partial charge >= 0.3 is 0 Å². The van der Waals surface area contributed by atoms with Crippen LogP contribution in [0.2, 0.25) is 0 Å². The Kier molecular flexibility index (Phi) is 6.63. The van der Waals surface area contributed by atoms with Gasteiger partial charge in [-0.3, -0.25) is 9.59 Å². The van der Waals surface area contributed by atoms with Gasteiger partial charge in [0.05, 0.1) is 31.2 Å². The smallest absolute Gasteiger partial charge is 0.274 e. The third-order valence-corrected chi connectivity index (χ3v) is 6.99. The molecule has 7 nitrogen and oxygen atoms in total. The Morgan fingerprint density at radius 3 is 2.51 bits per heavy atom. The molecule has 0 aliphatic carbocycles. The number of aromatic nitrogens is 2. The molecule has 5 rings (SSSR count). The zero-order valence-corrected chi connectivity index (χ0v) is 19.7. The Hall–Kier alpha value is -3.52. The van der Waals surface area contributed by atoms with Crippen LogP contribution in [0.5, 0.6) is 0 Å². The molecule has 2 aromatic carbocycles. The average molecular weight is 477 g/mol. The van der Waals surface area contributed by atoms with Crippen LogP contribution in [0.15, 0.2) is 60.9 Å². The fourth-order valence-electron chi connectivity index (χ4n) is 4.84. The summed E-state index contributed by atoms with van der Waals surface area (Å²) in [7, 11) is 0. The molecule has 3 aromatic rings. The zero-order valence-electron chi connectivity index (χ0n) is 19.7. The first-order valence-electron chi connectivity index (χ1n) is 12.0. The van der Waals surface area contributed by atoms with Gasteiger partial charge in [0.15, 0.2) is 5.69 Å². The molecule has 0 bridgehead atoms. The number of nitrogens with zero attached hydrogens (tertiary/aromatic N) is 3. The van der Waals surface area contributed by atoms with Crippen molar-refractivity contribution in [1.82, 2.24) is 19.8 Å². The maximum Gasteiger partial charge on any atom is 0.274 e. The summed E-state index contributed by atoms with van der Waals surface area (Å²) in [5.41, 5.74) is 3.12. The Morgan fingerprint density at radius 2 is 1.80 bits per heavy atom. The molecule has 2 amide bonds. The van der Waals surface area contributed by atoms with Crippen molar-refractivity contribution in [2.75, 3.05) is 13.1 Å². The Morgan fingerprint density at radius 1 is 1.09 bits per heavy atom. The molecule has 0 radical (unpaired) electrons. The third kappa shape index (κ3) is 4.98. The second-order valence-electron chi connectivity index (χ2n) is 9.25. The largest absolute Gasteiger partial charge is 0.365 e. The van der Waals surface area contributed by atoms with Crippen molar-refractivity contribution in [3.63, 3.8) is 0 Å². The zero-order chi connectivity index (χ0) is 24.4. The highest BCUT2D eigenvalue weighted by Crippen LogP contribution is 2.29. The van der Waals surface area contributed by atoms with Crippen LogP contribution in [0.25, 0.3) is 0 Å². The van der Waals surface area contributed by atoms with Crippen molar-refractivity contribution in [3.8, 4) is 0 Å². The maximum absolute atomic E-state index is 13.2. The van der Waals surface area contributed by atoms with Crippen LogP contribution >= 0.6 is 0 Å². The van der Waals surface area contributed by atoms with E-state index in [1.165, 1.54) is 12.1 Å². The molecule has 0 unspecified atom stereocenters. The number of nitrogens with one attached hydrogen (secondary N) is 1. The summed E-state index contributed by atoms with van der Waals surface area (Å²) in [5.74, 6) is -0.485. The molecule has 8 heteroatoms. The number of piperidine rings is 1. The fraction of sp³-hybridized carbons (Fsp3) is 0.370. The number of carbonyl (C=O) groups excluding carboxylic acids is 2. The van der Waals surface area contributed by atoms with Gasteiger partial charge in [-0.2, -0.15) is 0 Å². The number of imidazole rings is 1. The van der Waals surface area contributed by atoms with Crippen molar-refractivity contribution in [1.29, 1.82) is 0 Å². The summed E-state index contributed by atoms with van der Waals surface area (Å²) in [4.78, 5) is 32.2. The number of fused-ring (bicyclic) bond motifs is 1. The lowest BCUT2D eigenvalue weighted by atomic mass is 9.95. The Labute approximate surface area is 203 Å². The first-order valence-corrected chi connectivity index (χ1v) is 12.0. The lowest BCUT2D eigenvalue weighted by Crippen LogP contribution is -2.43. The van der Waals surface area contributed by atoms with E-state index in [2.05, 4.69) is 10.3 Å². The van der Waals surface area contributed by atoms with Gasteiger partial charge in [-0.05, 0) is 43.0 Å². The van der Waals surface area contributed by atoms with Crippen LogP contribution in [0, 0.1) is 11.7 Å². The fourth-order valence-corrected chi connectivity index (χ4v) is 4.84. The number of rotatable bonds is 5. The molecule has 0 saturated carbocycles. The molecule has 1 saturated heterocycles. The van der Waals surface area contributed by atoms with E-state index in [9.17, 15) is 14.0 Å². The standard InChI is InChI=1S/C27H29FN4O3/c1-18(19-5-3-2-4-6-19)30-26(33)21-11-13-31(14-12-21)27(34)25-23-16-35-24(15-32(23)17-29-25)20-7-9-22(28)10-8-20/h2-10,17-18,21,24H,11-16H2,1H3,(H,30,33)/t18-,24+/m1/s1. The van der Waals surface area contributed by atoms with Gasteiger partial charge in [0.2, 0.25) is 5.91 Å². The molecular formula is C27H29FN4O3. The van der Waals surface area contributed by atoms with E-state index < -0.39 is 0 Å². The van der Waals surface area contributed by atoms with Crippen LogP contribution < -0.4 is 5.32 Å². The molecule has 0 spiro atoms. The van der Waals surface area contributed by atoms with Gasteiger partial charge in [0, 0.05) is 19.0 Å². The molecule has 2 aliphatic rings.